The summed E-state index contributed by atoms with van der Waals surface area (Å²) in [6.45, 7) is 2.36. The second kappa shape index (κ2) is 5.38. The van der Waals surface area contributed by atoms with Crippen LogP contribution >= 0.6 is 0 Å². The topological polar surface area (TPSA) is 93.0 Å². The van der Waals surface area contributed by atoms with Gasteiger partial charge < -0.3 is 0 Å². The van der Waals surface area contributed by atoms with E-state index in [1.807, 2.05) is 4.68 Å². The van der Waals surface area contributed by atoms with Crippen molar-refractivity contribution in [3.05, 3.63) is 5.82 Å². The molecule has 112 valence electrons. The molecule has 1 N–H and O–H groups in total. The van der Waals surface area contributed by atoms with Gasteiger partial charge in [-0.15, -0.1) is 5.10 Å². The first-order chi connectivity index (χ1) is 9.51. The van der Waals surface area contributed by atoms with Gasteiger partial charge in [0.2, 0.25) is 10.0 Å². The minimum absolute atomic E-state index is 0.0102. The molecule has 0 bridgehead atoms. The van der Waals surface area contributed by atoms with Gasteiger partial charge in [0.25, 0.3) is 0 Å². The van der Waals surface area contributed by atoms with Crippen LogP contribution < -0.4 is 4.72 Å². The summed E-state index contributed by atoms with van der Waals surface area (Å²) in [5.41, 5.74) is 0. The molecule has 1 atom stereocenters. The number of likely N-dealkylation sites (tertiary alicyclic amines) is 1. The van der Waals surface area contributed by atoms with Crippen molar-refractivity contribution < 1.29 is 8.42 Å². The van der Waals surface area contributed by atoms with E-state index >= 15 is 0 Å². The highest BCUT2D eigenvalue weighted by atomic mass is 32.2. The number of hydrogen-bond donors (Lipinski definition) is 1. The van der Waals surface area contributed by atoms with Gasteiger partial charge in [-0.25, -0.2) is 17.8 Å². The van der Waals surface area contributed by atoms with E-state index in [0.29, 0.717) is 19.1 Å². The number of rotatable bonds is 5. The van der Waals surface area contributed by atoms with Crippen LogP contribution in [-0.2, 0) is 16.6 Å². The van der Waals surface area contributed by atoms with Crippen molar-refractivity contribution in [2.75, 3.05) is 19.3 Å². The lowest BCUT2D eigenvalue weighted by Gasteiger charge is -2.32. The summed E-state index contributed by atoms with van der Waals surface area (Å²) in [5.74, 6) is 0.882. The SMILES string of the molecule is CS(=O)(=O)N[C@H]1CCCN(Cc2nnnn2C2CC2)C1. The molecule has 2 fully saturated rings. The van der Waals surface area contributed by atoms with Crippen LogP contribution in [0.25, 0.3) is 0 Å². The number of nitrogens with zero attached hydrogens (tertiary/aromatic N) is 5. The fourth-order valence-corrected chi connectivity index (χ4v) is 3.52. The average molecular weight is 300 g/mol. The number of sulfonamides is 1. The fraction of sp³-hybridized carbons (Fsp3) is 0.909. The van der Waals surface area contributed by atoms with E-state index in [0.717, 1.165) is 38.1 Å². The van der Waals surface area contributed by atoms with E-state index in [1.54, 1.807) is 0 Å². The zero-order valence-electron chi connectivity index (χ0n) is 11.6. The molecule has 0 radical (unpaired) electrons. The van der Waals surface area contributed by atoms with Gasteiger partial charge in [0.05, 0.1) is 18.8 Å². The Morgan fingerprint density at radius 2 is 2.15 bits per heavy atom. The molecule has 0 unspecified atom stereocenters. The van der Waals surface area contributed by atoms with Gasteiger partial charge in [0.1, 0.15) is 0 Å². The molecular weight excluding hydrogens is 280 g/mol. The minimum atomic E-state index is -3.14. The molecule has 1 aliphatic heterocycles. The number of nitrogens with one attached hydrogen (secondary N) is 1. The highest BCUT2D eigenvalue weighted by Crippen LogP contribution is 2.34. The van der Waals surface area contributed by atoms with Gasteiger partial charge in [-0.05, 0) is 42.7 Å². The van der Waals surface area contributed by atoms with Crippen LogP contribution in [0.1, 0.15) is 37.5 Å². The maximum atomic E-state index is 11.3. The summed E-state index contributed by atoms with van der Waals surface area (Å²) in [5, 5.41) is 11.9. The molecule has 2 aliphatic rings. The Morgan fingerprint density at radius 3 is 2.85 bits per heavy atom. The molecule has 1 saturated carbocycles. The van der Waals surface area contributed by atoms with Crippen molar-refractivity contribution in [2.24, 2.45) is 0 Å². The third kappa shape index (κ3) is 3.53. The van der Waals surface area contributed by atoms with Crippen LogP contribution in [0.2, 0.25) is 0 Å². The first-order valence-electron chi connectivity index (χ1n) is 6.98. The molecule has 0 amide bonds. The van der Waals surface area contributed by atoms with E-state index < -0.39 is 10.0 Å². The van der Waals surface area contributed by atoms with Gasteiger partial charge >= 0.3 is 0 Å². The van der Waals surface area contributed by atoms with Crippen molar-refractivity contribution in [1.29, 1.82) is 0 Å². The fourth-order valence-electron chi connectivity index (χ4n) is 2.72. The smallest absolute Gasteiger partial charge is 0.208 e. The lowest BCUT2D eigenvalue weighted by molar-refractivity contribution is 0.187. The Hall–Kier alpha value is -1.06. The predicted molar refractivity (Wildman–Crippen MR) is 72.4 cm³/mol. The van der Waals surface area contributed by atoms with Crippen LogP contribution in [0, 0.1) is 0 Å². The molecule has 0 aromatic carbocycles. The second-order valence-electron chi connectivity index (χ2n) is 5.74. The van der Waals surface area contributed by atoms with Gasteiger partial charge in [-0.3, -0.25) is 4.90 Å². The molecular formula is C11H20N6O2S. The van der Waals surface area contributed by atoms with Gasteiger partial charge in [-0.2, -0.15) is 0 Å². The van der Waals surface area contributed by atoms with E-state index in [9.17, 15) is 8.42 Å². The average Bonchev–Trinajstić information content (AvgIpc) is 3.09. The second-order valence-corrected chi connectivity index (χ2v) is 7.52. The Kier molecular flexibility index (Phi) is 3.74. The summed E-state index contributed by atoms with van der Waals surface area (Å²) in [7, 11) is -3.14. The van der Waals surface area contributed by atoms with Crippen molar-refractivity contribution in [1.82, 2.24) is 29.8 Å². The third-order valence-corrected chi connectivity index (χ3v) is 4.47. The molecule has 8 nitrogen and oxygen atoms in total. The Morgan fingerprint density at radius 1 is 1.35 bits per heavy atom. The van der Waals surface area contributed by atoms with E-state index in [-0.39, 0.29) is 6.04 Å². The Balaban J connectivity index is 1.61. The summed E-state index contributed by atoms with van der Waals surface area (Å²) >= 11 is 0. The molecule has 9 heteroatoms. The van der Waals surface area contributed by atoms with Crippen molar-refractivity contribution in [3.63, 3.8) is 0 Å². The first kappa shape index (κ1) is 13.9. The number of aromatic nitrogens is 4. The Labute approximate surface area is 118 Å². The zero-order valence-corrected chi connectivity index (χ0v) is 12.4. The van der Waals surface area contributed by atoms with Crippen molar-refractivity contribution in [2.45, 2.75) is 44.3 Å². The molecule has 0 spiro atoms. The predicted octanol–water partition coefficient (Wildman–Crippen LogP) is -0.478. The maximum Gasteiger partial charge on any atom is 0.208 e. The van der Waals surface area contributed by atoms with Gasteiger partial charge in [-0.1, -0.05) is 0 Å². The van der Waals surface area contributed by atoms with E-state index in [4.69, 9.17) is 0 Å². The third-order valence-electron chi connectivity index (χ3n) is 3.71. The highest BCUT2D eigenvalue weighted by molar-refractivity contribution is 7.88. The lowest BCUT2D eigenvalue weighted by atomic mass is 10.1. The summed E-state index contributed by atoms with van der Waals surface area (Å²) in [6, 6.07) is 0.457. The van der Waals surface area contributed by atoms with E-state index in [1.165, 1.54) is 6.26 Å². The minimum Gasteiger partial charge on any atom is -0.294 e. The van der Waals surface area contributed by atoms with Crippen LogP contribution in [0.3, 0.4) is 0 Å². The lowest BCUT2D eigenvalue weighted by Crippen LogP contribution is -2.47. The van der Waals surface area contributed by atoms with Crippen molar-refractivity contribution >= 4 is 10.0 Å². The van der Waals surface area contributed by atoms with Gasteiger partial charge in [0.15, 0.2) is 5.82 Å². The summed E-state index contributed by atoms with van der Waals surface area (Å²) in [6.07, 6.45) is 5.38. The molecule has 3 rings (SSSR count). The van der Waals surface area contributed by atoms with Crippen LogP contribution in [0.5, 0.6) is 0 Å². The molecule has 20 heavy (non-hydrogen) atoms. The Bertz CT molecular complexity index is 567. The normalized spacial score (nSPS) is 24.9. The van der Waals surface area contributed by atoms with Crippen LogP contribution in [-0.4, -0.2) is 58.9 Å². The molecule has 2 heterocycles. The summed E-state index contributed by atoms with van der Waals surface area (Å²) in [4.78, 5) is 2.22. The quantitative estimate of drug-likeness (QED) is 0.789. The number of piperidine rings is 1. The monoisotopic (exact) mass is 300 g/mol. The van der Waals surface area contributed by atoms with Crippen molar-refractivity contribution in [3.8, 4) is 0 Å². The molecule has 1 aliphatic carbocycles. The number of hydrogen-bond acceptors (Lipinski definition) is 6. The highest BCUT2D eigenvalue weighted by Gasteiger charge is 2.29. The summed E-state index contributed by atoms with van der Waals surface area (Å²) < 4.78 is 27.2. The maximum absolute atomic E-state index is 11.3. The molecule has 1 saturated heterocycles. The first-order valence-corrected chi connectivity index (χ1v) is 8.87. The van der Waals surface area contributed by atoms with Crippen LogP contribution in [0.15, 0.2) is 0 Å². The van der Waals surface area contributed by atoms with Crippen LogP contribution in [0.4, 0.5) is 0 Å². The molecule has 1 aromatic heterocycles. The number of tetrazole rings is 1. The molecule has 1 aromatic rings. The largest absolute Gasteiger partial charge is 0.294 e. The van der Waals surface area contributed by atoms with Gasteiger partial charge in [0, 0.05) is 12.6 Å². The zero-order chi connectivity index (χ0) is 14.2. The van der Waals surface area contributed by atoms with E-state index in [2.05, 4.69) is 25.1 Å². The standard InChI is InChI=1S/C11H20N6O2S/c1-20(18,19)13-9-3-2-6-16(7-9)8-11-12-14-15-17(11)10-4-5-10/h9-10,13H,2-8H2,1H3/t9-/m0/s1.